The Morgan fingerprint density at radius 2 is 0.616 bits per heavy atom. The second kappa shape index (κ2) is 77.7. The maximum Gasteiger partial charge on any atom is 0.470 e. The molecule has 0 aromatic carbocycles. The minimum absolute atomic E-state index is 0.0789. The van der Waals surface area contributed by atoms with Crippen molar-refractivity contribution in [2.45, 2.75) is 534 Å². The van der Waals surface area contributed by atoms with Crippen LogP contribution in [-0.2, 0) is 66.3 Å². The predicted molar refractivity (Wildman–Crippen MR) is 456 cm³/mol. The first-order valence-corrected chi connectivity index (χ1v) is 49.0. The summed E-state index contributed by atoms with van der Waals surface area (Å²) in [5, 5.41) is 16.8. The molecule has 0 aliphatic carbocycles. The minimum Gasteiger partial charge on any atom is -0.462 e. The summed E-state index contributed by atoms with van der Waals surface area (Å²) in [6.07, 6.45) is 58.1. The number of nitrogens with one attached hydrogen (secondary N) is 2. The lowest BCUT2D eigenvalue weighted by molar-refractivity contribution is -0.270. The zero-order valence-electron chi connectivity index (χ0n) is 73.0. The molecule has 1 heterocycles. The van der Waals surface area contributed by atoms with Crippen LogP contribution >= 0.6 is 7.82 Å². The van der Waals surface area contributed by atoms with E-state index >= 15 is 0 Å². The van der Waals surface area contributed by atoms with E-state index in [0.29, 0.717) is 44.9 Å². The summed E-state index contributed by atoms with van der Waals surface area (Å²) in [4.78, 5) is 106. The fourth-order valence-corrected chi connectivity index (χ4v) is 16.0. The molecule has 0 aromatic rings. The molecule has 0 bridgehead atoms. The Bertz CT molecular complexity index is 2240. The van der Waals surface area contributed by atoms with Gasteiger partial charge in [0, 0.05) is 25.8 Å². The number of hydrogen-bond acceptors (Lipinski definition) is 15. The number of phosphoric ester groups is 1. The van der Waals surface area contributed by atoms with Crippen LogP contribution in [0.15, 0.2) is 0 Å². The Hall–Kier alpha value is -3.19. The molecular weight excluding hydrogens is 1440 g/mol. The number of carbonyl (C=O) groups is 6. The Morgan fingerprint density at radius 3 is 0.902 bits per heavy atom. The van der Waals surface area contributed by atoms with E-state index in [1.54, 1.807) is 0 Å². The molecule has 20 heteroatoms. The van der Waals surface area contributed by atoms with E-state index in [0.717, 1.165) is 148 Å². The number of amides is 2. The highest BCUT2D eigenvalue weighted by Gasteiger charge is 2.52. The van der Waals surface area contributed by atoms with Gasteiger partial charge in [-0.1, -0.05) is 388 Å². The van der Waals surface area contributed by atoms with Gasteiger partial charge in [0.25, 0.3) is 0 Å². The van der Waals surface area contributed by atoms with Crippen molar-refractivity contribution in [1.82, 2.24) is 10.6 Å². The second-order valence-electron chi connectivity index (χ2n) is 33.2. The molecule has 0 spiro atoms. The topological polar surface area (TPSA) is 269 Å². The Kier molecular flexibility index (Phi) is 74.1. The molecule has 0 saturated carbocycles. The van der Waals surface area contributed by atoms with Crippen LogP contribution in [0.2, 0.25) is 0 Å². The van der Waals surface area contributed by atoms with Gasteiger partial charge in [-0.25, -0.2) is 4.57 Å². The highest BCUT2D eigenvalue weighted by molar-refractivity contribution is 7.46. The monoisotopic (exact) mass is 1610 g/mol. The van der Waals surface area contributed by atoms with Gasteiger partial charge in [-0.2, -0.15) is 0 Å². The van der Waals surface area contributed by atoms with Crippen LogP contribution < -0.4 is 10.6 Å². The van der Waals surface area contributed by atoms with Gasteiger partial charge >= 0.3 is 31.7 Å². The molecule has 8 atom stereocenters. The summed E-state index contributed by atoms with van der Waals surface area (Å²) in [6.45, 7) is 12.0. The standard InChI is InChI=1S/C92H175N2O17P/c1-7-13-19-25-31-37-40-46-52-58-64-70-85(98)106-79(67-61-55-49-43-34-28-22-16-10-4)75-83(96)93-73-74-105-92-89(94-84(97)76-80(68-62-56-50-44-35-29-23-17-11-5)107-86(99)71-65-59-53-47-41-38-32-26-20-14-8-2)91(90(82(78-95)109-92)111-112(102,103)104)110-88(101)77-81(69-63-57-51-45-36-30-24-18-12-6)108-87(100)72-66-60-54-48-42-39-33-27-21-15-9-3/h79-82,89-92,95H,7-78H2,1-6H3,(H,93,96)(H,94,97)(H2,102,103,104)/t79-,80-,81-,82?,89-,90+,91?,92-/m1/s1. The van der Waals surface area contributed by atoms with Gasteiger partial charge in [0.2, 0.25) is 11.8 Å². The second-order valence-corrected chi connectivity index (χ2v) is 34.4. The normalized spacial score (nSPS) is 16.6. The fraction of sp³-hybridized carbons (Fsp3) is 0.935. The van der Waals surface area contributed by atoms with Gasteiger partial charge in [0.1, 0.15) is 36.6 Å². The summed E-state index contributed by atoms with van der Waals surface area (Å²) < 4.78 is 55.7. The third-order valence-electron chi connectivity index (χ3n) is 22.3. The zero-order chi connectivity index (χ0) is 81.9. The van der Waals surface area contributed by atoms with Crippen molar-refractivity contribution in [3.8, 4) is 0 Å². The molecule has 1 fully saturated rings. The van der Waals surface area contributed by atoms with Gasteiger partial charge < -0.3 is 53.9 Å². The molecule has 19 nitrogen and oxygen atoms in total. The van der Waals surface area contributed by atoms with Gasteiger partial charge in [0.15, 0.2) is 12.4 Å². The molecule has 2 unspecified atom stereocenters. The van der Waals surface area contributed by atoms with Crippen molar-refractivity contribution in [3.63, 3.8) is 0 Å². The molecule has 660 valence electrons. The van der Waals surface area contributed by atoms with E-state index in [2.05, 4.69) is 52.2 Å². The Balaban J connectivity index is 3.68. The van der Waals surface area contributed by atoms with Crippen LogP contribution in [0.25, 0.3) is 0 Å². The van der Waals surface area contributed by atoms with Crippen molar-refractivity contribution in [1.29, 1.82) is 0 Å². The lowest BCUT2D eigenvalue weighted by Gasteiger charge is -2.45. The van der Waals surface area contributed by atoms with Crippen molar-refractivity contribution in [2.24, 2.45) is 0 Å². The van der Waals surface area contributed by atoms with E-state index < -0.39 is 93.6 Å². The average molecular weight is 1610 g/mol. The maximum absolute atomic E-state index is 14.9. The van der Waals surface area contributed by atoms with Gasteiger partial charge in [0.05, 0.1) is 32.5 Å². The number of esters is 4. The lowest BCUT2D eigenvalue weighted by atomic mass is 9.96. The molecule has 1 rings (SSSR count). The van der Waals surface area contributed by atoms with Crippen molar-refractivity contribution >= 4 is 43.5 Å². The minimum atomic E-state index is -5.48. The average Bonchev–Trinajstić information content (AvgIpc) is 0.781. The number of aliphatic hydroxyl groups excluding tert-OH is 1. The number of ether oxygens (including phenoxy) is 6. The molecule has 0 radical (unpaired) electrons. The summed E-state index contributed by atoms with van der Waals surface area (Å²) in [7, 11) is -5.48. The summed E-state index contributed by atoms with van der Waals surface area (Å²) in [6, 6.07) is -1.58. The summed E-state index contributed by atoms with van der Waals surface area (Å²) in [5.41, 5.74) is 0. The van der Waals surface area contributed by atoms with Crippen LogP contribution in [0.3, 0.4) is 0 Å². The van der Waals surface area contributed by atoms with E-state index in [4.69, 9.17) is 32.9 Å². The predicted octanol–water partition coefficient (Wildman–Crippen LogP) is 24.5. The first-order valence-electron chi connectivity index (χ1n) is 47.5. The van der Waals surface area contributed by atoms with Gasteiger partial charge in [-0.05, 0) is 57.8 Å². The maximum atomic E-state index is 14.9. The number of rotatable bonds is 84. The first-order chi connectivity index (χ1) is 54.5. The van der Waals surface area contributed by atoms with E-state index in [1.165, 1.54) is 212 Å². The number of phosphoric acid groups is 1. The molecule has 5 N–H and O–H groups in total. The van der Waals surface area contributed by atoms with Crippen molar-refractivity contribution in [2.75, 3.05) is 19.8 Å². The van der Waals surface area contributed by atoms with E-state index in [1.807, 2.05) is 0 Å². The van der Waals surface area contributed by atoms with E-state index in [9.17, 15) is 48.2 Å². The summed E-state index contributed by atoms with van der Waals surface area (Å²) in [5.74, 6) is -3.15. The third kappa shape index (κ3) is 65.8. The quantitative estimate of drug-likeness (QED) is 0.0164. The van der Waals surface area contributed by atoms with Crippen LogP contribution in [0.1, 0.15) is 485 Å². The molecular formula is C92H175N2O17P. The van der Waals surface area contributed by atoms with E-state index in [-0.39, 0.29) is 57.1 Å². The molecule has 112 heavy (non-hydrogen) atoms. The molecule has 1 saturated heterocycles. The number of carbonyl (C=O) groups excluding carboxylic acids is 6. The third-order valence-corrected chi connectivity index (χ3v) is 22.9. The Labute approximate surface area is 685 Å². The van der Waals surface area contributed by atoms with Crippen molar-refractivity contribution < 1.29 is 81.2 Å². The number of unbranched alkanes of at least 4 members (excludes halogenated alkanes) is 54. The number of aliphatic hydroxyl groups is 1. The van der Waals surface area contributed by atoms with Gasteiger partial charge in [-0.3, -0.25) is 33.3 Å². The lowest BCUT2D eigenvalue weighted by Crippen LogP contribution is -2.66. The highest BCUT2D eigenvalue weighted by atomic mass is 31.2. The SMILES string of the molecule is CCCCCCCCCCCCCC(=O)O[C@H](CCCCCCCCCCC)CC(=O)NCCO[C@@H]1OC(CO)[C@H](OP(=O)(O)O)C(OC(=O)C[C@@H](CCCCCCCCCCC)OC(=O)CCCCCCCCCCCCC)[C@H]1NC(=O)C[C@@H](CCCCCCCCCCC)OC(=O)CCCCCCCCCCCCC. The fourth-order valence-electron chi connectivity index (χ4n) is 15.4. The Morgan fingerprint density at radius 1 is 0.348 bits per heavy atom. The van der Waals surface area contributed by atoms with Crippen LogP contribution in [-0.4, -0.2) is 119 Å². The summed E-state index contributed by atoms with van der Waals surface area (Å²) >= 11 is 0. The number of hydrogen-bond donors (Lipinski definition) is 5. The highest BCUT2D eigenvalue weighted by Crippen LogP contribution is 2.42. The molecule has 1 aliphatic heterocycles. The van der Waals surface area contributed by atoms with Gasteiger partial charge in [-0.15, -0.1) is 0 Å². The smallest absolute Gasteiger partial charge is 0.462 e. The van der Waals surface area contributed by atoms with Crippen LogP contribution in [0.4, 0.5) is 0 Å². The molecule has 2 amide bonds. The van der Waals surface area contributed by atoms with Crippen LogP contribution in [0, 0.1) is 0 Å². The first kappa shape index (κ1) is 107. The largest absolute Gasteiger partial charge is 0.470 e. The van der Waals surface area contributed by atoms with Crippen LogP contribution in [0.5, 0.6) is 0 Å². The molecule has 1 aliphatic rings. The zero-order valence-corrected chi connectivity index (χ0v) is 73.9. The molecule has 0 aromatic heterocycles. The van der Waals surface area contributed by atoms with Crippen molar-refractivity contribution in [3.05, 3.63) is 0 Å².